The Morgan fingerprint density at radius 3 is 2.60 bits per heavy atom. The number of rotatable bonds is 2. The van der Waals surface area contributed by atoms with Crippen LogP contribution in [0.15, 0.2) is 39.5 Å². The molecule has 1 aliphatic carbocycles. The third-order valence-electron chi connectivity index (χ3n) is 6.76. The average molecular weight is 514 g/mol. The monoisotopic (exact) mass is 513 g/mol. The van der Waals surface area contributed by atoms with Crippen molar-refractivity contribution in [3.63, 3.8) is 0 Å². The summed E-state index contributed by atoms with van der Waals surface area (Å²) in [6.45, 7) is 6.33. The van der Waals surface area contributed by atoms with E-state index in [1.807, 2.05) is 39.0 Å². The van der Waals surface area contributed by atoms with E-state index in [0.29, 0.717) is 29.2 Å². The number of anilines is 1. The predicted octanol–water partition coefficient (Wildman–Crippen LogP) is 5.77. The zero-order valence-electron chi connectivity index (χ0n) is 20.1. The van der Waals surface area contributed by atoms with Gasteiger partial charge in [0.15, 0.2) is 0 Å². The van der Waals surface area contributed by atoms with E-state index >= 15 is 0 Å². The fourth-order valence-corrected chi connectivity index (χ4v) is 5.71. The lowest BCUT2D eigenvalue weighted by molar-refractivity contribution is 0.0584. The Labute approximate surface area is 214 Å². The van der Waals surface area contributed by atoms with Gasteiger partial charge in [0, 0.05) is 28.8 Å². The van der Waals surface area contributed by atoms with Gasteiger partial charge < -0.3 is 9.72 Å². The number of hydrogen-bond acceptors (Lipinski definition) is 5. The summed E-state index contributed by atoms with van der Waals surface area (Å²) < 4.78 is 5.75. The highest BCUT2D eigenvalue weighted by Crippen LogP contribution is 2.42. The molecule has 0 radical (unpaired) electrons. The van der Waals surface area contributed by atoms with Crippen molar-refractivity contribution in [1.29, 1.82) is 0 Å². The van der Waals surface area contributed by atoms with Crippen LogP contribution in [0.4, 0.5) is 10.5 Å². The van der Waals surface area contributed by atoms with E-state index in [1.165, 1.54) is 0 Å². The number of azo groups is 1. The third kappa shape index (κ3) is 4.89. The number of ether oxygens (including phenoxy) is 1. The van der Waals surface area contributed by atoms with Gasteiger partial charge >= 0.3 is 6.09 Å². The molecule has 1 saturated carbocycles. The number of hydrogen-bond donors (Lipinski definition) is 1. The molecule has 2 aliphatic heterocycles. The maximum atomic E-state index is 13.3. The molecule has 1 fully saturated rings. The van der Waals surface area contributed by atoms with Gasteiger partial charge in [-0.15, -0.1) is 0 Å². The molecular formula is C26H29Cl2N5O2. The Bertz CT molecular complexity index is 1330. The highest BCUT2D eigenvalue weighted by molar-refractivity contribution is 6.36. The molecule has 2 aromatic heterocycles. The highest BCUT2D eigenvalue weighted by Gasteiger charge is 2.33. The lowest BCUT2D eigenvalue weighted by Crippen LogP contribution is -2.39. The molecule has 0 unspecified atom stereocenters. The fourth-order valence-electron chi connectivity index (χ4n) is 5.22. The minimum atomic E-state index is -0.613. The van der Waals surface area contributed by atoms with Crippen LogP contribution in [0.25, 0.3) is 11.8 Å². The Hall–Kier alpha value is -2.64. The molecule has 9 heteroatoms. The van der Waals surface area contributed by atoms with E-state index in [2.05, 4.69) is 26.3 Å². The van der Waals surface area contributed by atoms with Gasteiger partial charge in [0.2, 0.25) is 0 Å². The molecule has 4 heterocycles. The summed E-state index contributed by atoms with van der Waals surface area (Å²) in [5, 5.41) is 11.2. The second kappa shape index (κ2) is 9.43. The van der Waals surface area contributed by atoms with Gasteiger partial charge in [0.25, 0.3) is 0 Å². The second-order valence-electron chi connectivity index (χ2n) is 10.3. The normalized spacial score (nSPS) is 22.0. The molecule has 184 valence electrons. The van der Waals surface area contributed by atoms with Gasteiger partial charge in [-0.1, -0.05) is 29.3 Å². The molecule has 3 aliphatic rings. The minimum absolute atomic E-state index is 0.250. The average Bonchev–Trinajstić information content (AvgIpc) is 3.10. The Morgan fingerprint density at radius 2 is 1.89 bits per heavy atom. The predicted molar refractivity (Wildman–Crippen MR) is 138 cm³/mol. The van der Waals surface area contributed by atoms with Crippen molar-refractivity contribution in [3.8, 4) is 0 Å². The maximum Gasteiger partial charge on any atom is 0.415 e. The first kappa shape index (κ1) is 24.1. The SMILES string of the molecule is CC(C)(C)OC(=O)N1CC=C(Cl)C(C2CCC(c3cccc(Cl)n3)CC2)=c2[nH]c3c(c21)CN=NC=3. The summed E-state index contributed by atoms with van der Waals surface area (Å²) in [6.07, 6.45) is 7.14. The van der Waals surface area contributed by atoms with Gasteiger partial charge in [0.05, 0.1) is 29.1 Å². The van der Waals surface area contributed by atoms with Gasteiger partial charge in [0.1, 0.15) is 10.8 Å². The van der Waals surface area contributed by atoms with E-state index < -0.39 is 11.7 Å². The Morgan fingerprint density at radius 1 is 1.14 bits per heavy atom. The van der Waals surface area contributed by atoms with Crippen LogP contribution in [0, 0.1) is 5.92 Å². The zero-order valence-corrected chi connectivity index (χ0v) is 21.7. The molecule has 5 rings (SSSR count). The molecule has 0 aromatic carbocycles. The fraction of sp³-hybridized carbons (Fsp3) is 0.462. The van der Waals surface area contributed by atoms with Gasteiger partial charge in [-0.3, -0.25) is 4.90 Å². The summed E-state index contributed by atoms with van der Waals surface area (Å²) in [5.74, 6) is 0.625. The number of fused-ring (bicyclic) bond motifs is 3. The number of aromatic nitrogens is 2. The van der Waals surface area contributed by atoms with Crippen LogP contribution in [0.2, 0.25) is 5.15 Å². The van der Waals surface area contributed by atoms with Gasteiger partial charge in [-0.25, -0.2) is 9.78 Å². The molecule has 0 bridgehead atoms. The number of aromatic amines is 1. The molecule has 0 saturated heterocycles. The molecule has 1 amide bonds. The van der Waals surface area contributed by atoms with E-state index in [-0.39, 0.29) is 5.92 Å². The van der Waals surface area contributed by atoms with E-state index in [4.69, 9.17) is 27.9 Å². The van der Waals surface area contributed by atoms with Crippen molar-refractivity contribution in [2.24, 2.45) is 16.1 Å². The quantitative estimate of drug-likeness (QED) is 0.517. The van der Waals surface area contributed by atoms with E-state index in [1.54, 1.807) is 11.1 Å². The Kier molecular flexibility index (Phi) is 6.49. The number of amides is 1. The van der Waals surface area contributed by atoms with Crippen molar-refractivity contribution >= 4 is 46.8 Å². The number of H-pyrrole nitrogens is 1. The molecule has 35 heavy (non-hydrogen) atoms. The summed E-state index contributed by atoms with van der Waals surface area (Å²) >= 11 is 13.1. The summed E-state index contributed by atoms with van der Waals surface area (Å²) in [5.41, 5.74) is 3.22. The molecule has 1 N–H and O–H groups in total. The maximum absolute atomic E-state index is 13.3. The number of halogens is 2. The van der Waals surface area contributed by atoms with Crippen molar-refractivity contribution in [3.05, 3.63) is 56.4 Å². The molecular weight excluding hydrogens is 485 g/mol. The summed E-state index contributed by atoms with van der Waals surface area (Å²) in [6, 6.07) is 5.83. The number of carbonyl (C=O) groups is 1. The topological polar surface area (TPSA) is 82.9 Å². The molecule has 2 aromatic rings. The third-order valence-corrected chi connectivity index (χ3v) is 7.33. The first-order chi connectivity index (χ1) is 16.7. The lowest BCUT2D eigenvalue weighted by atomic mass is 9.77. The summed E-state index contributed by atoms with van der Waals surface area (Å²) in [4.78, 5) is 23.0. The van der Waals surface area contributed by atoms with Crippen molar-refractivity contribution < 1.29 is 9.53 Å². The van der Waals surface area contributed by atoms with Crippen molar-refractivity contribution in [2.75, 3.05) is 11.4 Å². The lowest BCUT2D eigenvalue weighted by Gasteiger charge is -2.30. The first-order valence-corrected chi connectivity index (χ1v) is 12.8. The van der Waals surface area contributed by atoms with Gasteiger partial charge in [-0.2, -0.15) is 10.2 Å². The zero-order chi connectivity index (χ0) is 24.7. The standard InChI is InChI=1S/C26H29Cl2N5O2/c1-26(2,3)35-25(34)33-12-11-18(27)22(23-24(33)17-13-29-30-14-20(17)32-23)16-9-7-15(8-10-16)19-5-4-6-21(28)31-19/h4-6,11,14-16,32H,7-10,12-13H2,1-3H3. The van der Waals surface area contributed by atoms with Crippen molar-refractivity contribution in [1.82, 2.24) is 9.97 Å². The Balaban J connectivity index is 1.54. The second-order valence-corrected chi connectivity index (χ2v) is 11.1. The number of allylic oxidation sites excluding steroid dienone is 1. The summed E-state index contributed by atoms with van der Waals surface area (Å²) in [7, 11) is 0. The van der Waals surface area contributed by atoms with Crippen LogP contribution in [-0.4, -0.2) is 28.2 Å². The first-order valence-electron chi connectivity index (χ1n) is 12.0. The van der Waals surface area contributed by atoms with Crippen LogP contribution >= 0.6 is 23.2 Å². The van der Waals surface area contributed by atoms with Gasteiger partial charge in [-0.05, 0) is 76.2 Å². The van der Waals surface area contributed by atoms with E-state index in [9.17, 15) is 4.79 Å². The van der Waals surface area contributed by atoms with E-state index in [0.717, 1.165) is 58.9 Å². The number of nitrogens with zero attached hydrogens (tertiary/aromatic N) is 4. The number of nitrogens with one attached hydrogen (secondary N) is 1. The molecule has 7 nitrogen and oxygen atoms in total. The van der Waals surface area contributed by atoms with Crippen LogP contribution in [-0.2, 0) is 11.3 Å². The molecule has 0 spiro atoms. The highest BCUT2D eigenvalue weighted by atomic mass is 35.5. The number of carbonyl (C=O) groups excluding carboxylic acids is 1. The largest absolute Gasteiger partial charge is 0.443 e. The van der Waals surface area contributed by atoms with Crippen LogP contribution in [0.1, 0.15) is 63.6 Å². The number of pyridine rings is 1. The van der Waals surface area contributed by atoms with Crippen LogP contribution in [0.3, 0.4) is 0 Å². The minimum Gasteiger partial charge on any atom is -0.443 e. The molecule has 0 atom stereocenters. The van der Waals surface area contributed by atoms with Crippen LogP contribution in [0.5, 0.6) is 0 Å². The van der Waals surface area contributed by atoms with Crippen molar-refractivity contribution in [2.45, 2.75) is 64.5 Å². The van der Waals surface area contributed by atoms with Crippen LogP contribution < -0.4 is 15.6 Å². The smallest absolute Gasteiger partial charge is 0.415 e.